The zero-order valence-electron chi connectivity index (χ0n) is 20.8. The highest BCUT2D eigenvalue weighted by atomic mass is 19.1. The lowest BCUT2D eigenvalue weighted by atomic mass is 10.00. The molecular formula is C26H35FN6O2. The van der Waals surface area contributed by atoms with Crippen molar-refractivity contribution in [3.05, 3.63) is 46.8 Å². The third-order valence-corrected chi connectivity index (χ3v) is 6.61. The van der Waals surface area contributed by atoms with E-state index in [1.807, 2.05) is 13.8 Å². The normalized spacial score (nSPS) is 14.5. The van der Waals surface area contributed by atoms with Crippen molar-refractivity contribution in [3.63, 3.8) is 0 Å². The minimum atomic E-state index is -0.476. The largest absolute Gasteiger partial charge is 0.478 e. The number of ether oxygens (including phenoxy) is 1. The van der Waals surface area contributed by atoms with Gasteiger partial charge in [-0.2, -0.15) is 0 Å². The Balaban J connectivity index is 1.54. The highest BCUT2D eigenvalue weighted by Crippen LogP contribution is 2.36. The molecule has 3 heterocycles. The number of likely N-dealkylation sites (tertiary alicyclic amines) is 1. The van der Waals surface area contributed by atoms with Crippen molar-refractivity contribution in [1.82, 2.24) is 19.0 Å². The minimum absolute atomic E-state index is 0.151. The SMILES string of the molecule is CC(C)n1c(-c2cc(-c3ccc(OCCCN4CCCCC4)nc3)c(F)cc2N)c(N)n(C)c1=O. The van der Waals surface area contributed by atoms with E-state index in [0.717, 1.165) is 13.0 Å². The Morgan fingerprint density at radius 1 is 1.11 bits per heavy atom. The van der Waals surface area contributed by atoms with Crippen molar-refractivity contribution in [1.29, 1.82) is 0 Å². The maximum absolute atomic E-state index is 15.0. The van der Waals surface area contributed by atoms with Gasteiger partial charge in [0, 0.05) is 54.3 Å². The number of nitrogen functional groups attached to an aromatic ring is 2. The number of piperidine rings is 1. The molecule has 0 aliphatic carbocycles. The van der Waals surface area contributed by atoms with Gasteiger partial charge in [-0.05, 0) is 64.4 Å². The molecule has 0 saturated carbocycles. The standard InChI is InChI=1S/C26H35FN6O2/c1-17(2)33-24(25(29)31(3)26(33)34)20-14-19(21(27)15-22(20)28)18-8-9-23(30-16-18)35-13-7-12-32-10-5-4-6-11-32/h8-9,14-17H,4-7,10-13,28-29H2,1-3H3. The summed E-state index contributed by atoms with van der Waals surface area (Å²) in [6.45, 7) is 7.74. The molecular weight excluding hydrogens is 447 g/mol. The van der Waals surface area contributed by atoms with Gasteiger partial charge in [0.05, 0.1) is 12.3 Å². The molecule has 3 aromatic rings. The molecule has 2 aromatic heterocycles. The molecule has 0 radical (unpaired) electrons. The first-order valence-corrected chi connectivity index (χ1v) is 12.3. The summed E-state index contributed by atoms with van der Waals surface area (Å²) in [5, 5.41) is 0. The van der Waals surface area contributed by atoms with Gasteiger partial charge < -0.3 is 21.1 Å². The zero-order valence-corrected chi connectivity index (χ0v) is 20.8. The lowest BCUT2D eigenvalue weighted by Crippen LogP contribution is -2.31. The molecule has 4 rings (SSSR count). The van der Waals surface area contributed by atoms with Gasteiger partial charge in [0.2, 0.25) is 5.88 Å². The number of benzene rings is 1. The number of pyridine rings is 1. The highest BCUT2D eigenvalue weighted by Gasteiger charge is 2.23. The van der Waals surface area contributed by atoms with E-state index < -0.39 is 5.82 Å². The Bertz CT molecular complexity index is 1230. The lowest BCUT2D eigenvalue weighted by molar-refractivity contribution is 0.203. The first-order chi connectivity index (χ1) is 16.8. The van der Waals surface area contributed by atoms with Crippen molar-refractivity contribution in [3.8, 4) is 28.3 Å². The molecule has 0 unspecified atom stereocenters. The van der Waals surface area contributed by atoms with Gasteiger partial charge >= 0.3 is 5.69 Å². The second-order valence-electron chi connectivity index (χ2n) is 9.45. The number of nitrogens with two attached hydrogens (primary N) is 2. The van der Waals surface area contributed by atoms with Gasteiger partial charge in [-0.15, -0.1) is 0 Å². The Morgan fingerprint density at radius 2 is 1.86 bits per heavy atom. The van der Waals surface area contributed by atoms with Crippen LogP contribution in [0.15, 0.2) is 35.3 Å². The van der Waals surface area contributed by atoms with E-state index in [1.54, 1.807) is 36.0 Å². The Hall–Kier alpha value is -3.33. The van der Waals surface area contributed by atoms with E-state index in [-0.39, 0.29) is 23.2 Å². The maximum atomic E-state index is 15.0. The van der Waals surface area contributed by atoms with Crippen molar-refractivity contribution >= 4 is 11.5 Å². The number of anilines is 2. The molecule has 0 atom stereocenters. The second-order valence-corrected chi connectivity index (χ2v) is 9.45. The van der Waals surface area contributed by atoms with E-state index >= 15 is 0 Å². The summed E-state index contributed by atoms with van der Waals surface area (Å²) in [6, 6.07) is 6.26. The molecule has 188 valence electrons. The van der Waals surface area contributed by atoms with Crippen LogP contribution in [-0.4, -0.2) is 45.3 Å². The van der Waals surface area contributed by atoms with Crippen LogP contribution in [0, 0.1) is 5.82 Å². The van der Waals surface area contributed by atoms with Gasteiger partial charge in [0.25, 0.3) is 0 Å². The van der Waals surface area contributed by atoms with Crippen LogP contribution in [0.2, 0.25) is 0 Å². The third-order valence-electron chi connectivity index (χ3n) is 6.61. The van der Waals surface area contributed by atoms with Gasteiger partial charge in [-0.1, -0.05) is 6.42 Å². The average molecular weight is 483 g/mol. The van der Waals surface area contributed by atoms with E-state index in [0.29, 0.717) is 34.9 Å². The number of halogens is 1. The topological polar surface area (TPSA) is 104 Å². The monoisotopic (exact) mass is 482 g/mol. The van der Waals surface area contributed by atoms with Crippen molar-refractivity contribution < 1.29 is 9.13 Å². The smallest absolute Gasteiger partial charge is 0.330 e. The number of rotatable bonds is 8. The van der Waals surface area contributed by atoms with Gasteiger partial charge in [-0.3, -0.25) is 9.13 Å². The average Bonchev–Trinajstić information content (AvgIpc) is 3.07. The van der Waals surface area contributed by atoms with Gasteiger partial charge in [0.15, 0.2) is 0 Å². The molecule has 1 aromatic carbocycles. The van der Waals surface area contributed by atoms with Crippen LogP contribution < -0.4 is 21.9 Å². The molecule has 1 saturated heterocycles. The van der Waals surface area contributed by atoms with E-state index in [1.165, 1.54) is 43.0 Å². The van der Waals surface area contributed by atoms with Crippen molar-refractivity contribution in [2.45, 2.75) is 45.6 Å². The van der Waals surface area contributed by atoms with E-state index in [2.05, 4.69) is 9.88 Å². The fraction of sp³-hybridized carbons (Fsp3) is 0.462. The molecule has 8 nitrogen and oxygen atoms in total. The number of aromatic nitrogens is 3. The Morgan fingerprint density at radius 3 is 2.51 bits per heavy atom. The Labute approximate surface area is 205 Å². The second kappa shape index (κ2) is 10.5. The first kappa shape index (κ1) is 24.8. The molecule has 1 aliphatic heterocycles. The van der Waals surface area contributed by atoms with Gasteiger partial charge in [0.1, 0.15) is 11.6 Å². The fourth-order valence-corrected chi connectivity index (χ4v) is 4.68. The quantitative estimate of drug-likeness (QED) is 0.371. The maximum Gasteiger partial charge on any atom is 0.330 e. The number of imidazole rings is 1. The lowest BCUT2D eigenvalue weighted by Gasteiger charge is -2.26. The first-order valence-electron chi connectivity index (χ1n) is 12.3. The van der Waals surface area contributed by atoms with Crippen molar-refractivity contribution in [2.24, 2.45) is 7.05 Å². The summed E-state index contributed by atoms with van der Waals surface area (Å²) in [5.74, 6) is 0.306. The fourth-order valence-electron chi connectivity index (χ4n) is 4.68. The molecule has 0 bridgehead atoms. The van der Waals surface area contributed by atoms with Crippen LogP contribution >= 0.6 is 0 Å². The summed E-state index contributed by atoms with van der Waals surface area (Å²) in [5.41, 5.74) is 14.3. The Kier molecular flexibility index (Phi) is 7.45. The summed E-state index contributed by atoms with van der Waals surface area (Å²) in [6.07, 6.45) is 6.41. The number of hydrogen-bond acceptors (Lipinski definition) is 6. The van der Waals surface area contributed by atoms with Crippen LogP contribution in [0.25, 0.3) is 22.4 Å². The third kappa shape index (κ3) is 5.19. The molecule has 1 aliphatic rings. The van der Waals surface area contributed by atoms with Gasteiger partial charge in [-0.25, -0.2) is 14.2 Å². The summed E-state index contributed by atoms with van der Waals surface area (Å²) in [4.78, 5) is 19.5. The highest BCUT2D eigenvalue weighted by molar-refractivity contribution is 5.85. The molecule has 4 N–H and O–H groups in total. The predicted molar refractivity (Wildman–Crippen MR) is 138 cm³/mol. The molecule has 1 fully saturated rings. The van der Waals surface area contributed by atoms with Crippen LogP contribution in [0.3, 0.4) is 0 Å². The predicted octanol–water partition coefficient (Wildman–Crippen LogP) is 4.06. The van der Waals surface area contributed by atoms with Crippen LogP contribution in [0.4, 0.5) is 15.9 Å². The molecule has 0 spiro atoms. The zero-order chi connectivity index (χ0) is 25.1. The number of hydrogen-bond donors (Lipinski definition) is 2. The number of nitrogens with zero attached hydrogens (tertiary/aromatic N) is 4. The van der Waals surface area contributed by atoms with E-state index in [4.69, 9.17) is 16.2 Å². The molecule has 9 heteroatoms. The summed E-state index contributed by atoms with van der Waals surface area (Å²) < 4.78 is 23.7. The summed E-state index contributed by atoms with van der Waals surface area (Å²) >= 11 is 0. The van der Waals surface area contributed by atoms with E-state index in [9.17, 15) is 9.18 Å². The van der Waals surface area contributed by atoms with Crippen LogP contribution in [-0.2, 0) is 7.05 Å². The van der Waals surface area contributed by atoms with Crippen molar-refractivity contribution in [2.75, 3.05) is 37.7 Å². The molecule has 35 heavy (non-hydrogen) atoms. The minimum Gasteiger partial charge on any atom is -0.478 e. The van der Waals surface area contributed by atoms with Crippen LogP contribution in [0.5, 0.6) is 5.88 Å². The van der Waals surface area contributed by atoms with Crippen LogP contribution in [0.1, 0.15) is 45.6 Å². The summed E-state index contributed by atoms with van der Waals surface area (Å²) in [7, 11) is 1.61. The molecule has 0 amide bonds.